The number of pyridine rings is 1. The molecule has 4 nitrogen and oxygen atoms in total. The number of ether oxygens (including phenoxy) is 1. The topological polar surface area (TPSA) is 39.9 Å². The fraction of sp³-hybridized carbons (Fsp3) is 0.300. The molecule has 3 aliphatic rings. The maximum Gasteiger partial charge on any atom is 0.126 e. The van der Waals surface area contributed by atoms with Gasteiger partial charge in [-0.05, 0) is 49.6 Å². The standard InChI is InChI=1S/C20H19N3O/c1-13-4-2-5-16(21-13)20-19(17-6-3-10-23(17)22-20)15-7-8-18-14(12-15)9-11-24-18/h2,4-5,7-9,11-12,14,18H,3,6,10H2,1H3. The fourth-order valence-electron chi connectivity index (χ4n) is 3.87. The number of rotatable bonds is 2. The van der Waals surface area contributed by atoms with Crippen LogP contribution in [0.1, 0.15) is 23.4 Å². The molecule has 0 N–H and O–H groups in total. The first-order chi connectivity index (χ1) is 11.8. The van der Waals surface area contributed by atoms with Crippen LogP contribution in [-0.4, -0.2) is 20.9 Å². The molecule has 2 aliphatic heterocycles. The largest absolute Gasteiger partial charge is 0.493 e. The van der Waals surface area contributed by atoms with E-state index in [4.69, 9.17) is 14.8 Å². The molecule has 0 amide bonds. The van der Waals surface area contributed by atoms with Gasteiger partial charge in [-0.25, -0.2) is 0 Å². The number of fused-ring (bicyclic) bond motifs is 2. The summed E-state index contributed by atoms with van der Waals surface area (Å²) in [5.41, 5.74) is 6.82. The molecule has 24 heavy (non-hydrogen) atoms. The highest BCUT2D eigenvalue weighted by atomic mass is 16.5. The molecule has 120 valence electrons. The van der Waals surface area contributed by atoms with Crippen LogP contribution in [0.4, 0.5) is 0 Å². The second kappa shape index (κ2) is 5.20. The van der Waals surface area contributed by atoms with Gasteiger partial charge in [0.1, 0.15) is 11.8 Å². The van der Waals surface area contributed by atoms with Crippen LogP contribution in [0.25, 0.3) is 17.0 Å². The Morgan fingerprint density at radius 3 is 3.12 bits per heavy atom. The summed E-state index contributed by atoms with van der Waals surface area (Å²) in [6.07, 6.45) is 13.0. The summed E-state index contributed by atoms with van der Waals surface area (Å²) < 4.78 is 7.76. The van der Waals surface area contributed by atoms with E-state index in [1.807, 2.05) is 19.3 Å². The number of hydrogen-bond donors (Lipinski definition) is 0. The van der Waals surface area contributed by atoms with Crippen LogP contribution in [0.3, 0.4) is 0 Å². The van der Waals surface area contributed by atoms with Crippen molar-refractivity contribution in [3.8, 4) is 11.4 Å². The Labute approximate surface area is 141 Å². The Morgan fingerprint density at radius 1 is 1.25 bits per heavy atom. The highest BCUT2D eigenvalue weighted by Gasteiger charge is 2.29. The molecule has 2 aromatic rings. The molecule has 1 aliphatic carbocycles. The predicted molar refractivity (Wildman–Crippen MR) is 93.1 cm³/mol. The number of aryl methyl sites for hydroxylation is 2. The summed E-state index contributed by atoms with van der Waals surface area (Å²) >= 11 is 0. The summed E-state index contributed by atoms with van der Waals surface area (Å²) in [5, 5.41) is 4.89. The van der Waals surface area contributed by atoms with Crippen molar-refractivity contribution in [3.05, 3.63) is 65.7 Å². The van der Waals surface area contributed by atoms with Crippen molar-refractivity contribution in [1.29, 1.82) is 0 Å². The zero-order valence-electron chi connectivity index (χ0n) is 13.6. The summed E-state index contributed by atoms with van der Waals surface area (Å²) in [6, 6.07) is 6.14. The lowest BCUT2D eigenvalue weighted by Gasteiger charge is -2.18. The second-order valence-corrected chi connectivity index (χ2v) is 6.65. The van der Waals surface area contributed by atoms with Gasteiger partial charge in [0.05, 0.1) is 12.0 Å². The zero-order chi connectivity index (χ0) is 16.1. The molecule has 0 bridgehead atoms. The monoisotopic (exact) mass is 317 g/mol. The van der Waals surface area contributed by atoms with Crippen molar-refractivity contribution >= 4 is 5.57 Å². The first-order valence-electron chi connectivity index (χ1n) is 8.56. The minimum absolute atomic E-state index is 0.151. The Morgan fingerprint density at radius 2 is 2.21 bits per heavy atom. The summed E-state index contributed by atoms with van der Waals surface area (Å²) in [7, 11) is 0. The molecule has 2 aromatic heterocycles. The van der Waals surface area contributed by atoms with E-state index in [0.29, 0.717) is 5.92 Å². The molecule has 2 atom stereocenters. The van der Waals surface area contributed by atoms with Crippen molar-refractivity contribution in [2.24, 2.45) is 5.92 Å². The fourth-order valence-corrected chi connectivity index (χ4v) is 3.87. The van der Waals surface area contributed by atoms with Gasteiger partial charge in [0.25, 0.3) is 0 Å². The van der Waals surface area contributed by atoms with Crippen LogP contribution in [0.15, 0.2) is 48.8 Å². The highest BCUT2D eigenvalue weighted by Crippen LogP contribution is 2.38. The molecular formula is C20H19N3O. The lowest BCUT2D eigenvalue weighted by molar-refractivity contribution is 0.192. The highest BCUT2D eigenvalue weighted by molar-refractivity contribution is 5.85. The average Bonchev–Trinajstić information content (AvgIpc) is 3.29. The molecule has 0 spiro atoms. The van der Waals surface area contributed by atoms with Crippen molar-refractivity contribution in [2.75, 3.05) is 0 Å². The van der Waals surface area contributed by atoms with Gasteiger partial charge in [0, 0.05) is 29.4 Å². The first kappa shape index (κ1) is 13.8. The Balaban J connectivity index is 1.68. The van der Waals surface area contributed by atoms with E-state index in [9.17, 15) is 0 Å². The van der Waals surface area contributed by atoms with Gasteiger partial charge in [0.15, 0.2) is 0 Å². The molecule has 4 heteroatoms. The molecule has 0 saturated heterocycles. The summed E-state index contributed by atoms with van der Waals surface area (Å²) in [6.45, 7) is 3.03. The third-order valence-corrected chi connectivity index (χ3v) is 5.01. The van der Waals surface area contributed by atoms with Gasteiger partial charge < -0.3 is 4.74 Å². The van der Waals surface area contributed by atoms with Crippen molar-refractivity contribution in [3.63, 3.8) is 0 Å². The number of aromatic nitrogens is 3. The molecule has 5 rings (SSSR count). The Hall–Kier alpha value is -2.62. The maximum absolute atomic E-state index is 5.60. The van der Waals surface area contributed by atoms with E-state index >= 15 is 0 Å². The molecule has 4 heterocycles. The predicted octanol–water partition coefficient (Wildman–Crippen LogP) is 3.68. The third-order valence-electron chi connectivity index (χ3n) is 5.01. The Kier molecular flexibility index (Phi) is 2.98. The summed E-state index contributed by atoms with van der Waals surface area (Å²) in [4.78, 5) is 4.71. The Bertz CT molecular complexity index is 904. The summed E-state index contributed by atoms with van der Waals surface area (Å²) in [5.74, 6) is 0.320. The lowest BCUT2D eigenvalue weighted by atomic mass is 9.89. The van der Waals surface area contributed by atoms with Crippen LogP contribution in [0.5, 0.6) is 0 Å². The van der Waals surface area contributed by atoms with Crippen LogP contribution < -0.4 is 0 Å². The normalized spacial score (nSPS) is 23.8. The number of nitrogens with zero attached hydrogens (tertiary/aromatic N) is 3. The van der Waals surface area contributed by atoms with Crippen molar-refractivity contribution in [2.45, 2.75) is 32.4 Å². The van der Waals surface area contributed by atoms with Gasteiger partial charge in [-0.15, -0.1) is 0 Å². The van der Waals surface area contributed by atoms with Crippen molar-refractivity contribution < 1.29 is 4.74 Å². The minimum Gasteiger partial charge on any atom is -0.493 e. The molecule has 2 unspecified atom stereocenters. The quantitative estimate of drug-likeness (QED) is 0.848. The molecule has 0 radical (unpaired) electrons. The van der Waals surface area contributed by atoms with Gasteiger partial charge in [-0.1, -0.05) is 18.2 Å². The SMILES string of the molecule is Cc1cccc(-c2nn3c(c2C2=CC4C=COC4C=C2)CCC3)n1. The van der Waals surface area contributed by atoms with E-state index in [2.05, 4.69) is 41.1 Å². The zero-order valence-corrected chi connectivity index (χ0v) is 13.6. The van der Waals surface area contributed by atoms with E-state index in [-0.39, 0.29) is 6.10 Å². The average molecular weight is 317 g/mol. The minimum atomic E-state index is 0.151. The van der Waals surface area contributed by atoms with Crippen molar-refractivity contribution in [1.82, 2.24) is 14.8 Å². The van der Waals surface area contributed by atoms with Gasteiger partial charge in [0.2, 0.25) is 0 Å². The molecular weight excluding hydrogens is 298 g/mol. The van der Waals surface area contributed by atoms with Crippen LogP contribution in [0.2, 0.25) is 0 Å². The molecule has 0 fully saturated rings. The van der Waals surface area contributed by atoms with Crippen LogP contribution in [0, 0.1) is 12.8 Å². The van der Waals surface area contributed by atoms with Crippen LogP contribution in [-0.2, 0) is 17.7 Å². The van der Waals surface area contributed by atoms with Gasteiger partial charge in [-0.3, -0.25) is 9.67 Å². The number of allylic oxidation sites excluding steroid dienone is 2. The van der Waals surface area contributed by atoms with Crippen LogP contribution >= 0.6 is 0 Å². The first-order valence-corrected chi connectivity index (χ1v) is 8.56. The molecule has 0 aromatic carbocycles. The second-order valence-electron chi connectivity index (χ2n) is 6.65. The maximum atomic E-state index is 5.60. The van der Waals surface area contributed by atoms with E-state index in [0.717, 1.165) is 30.0 Å². The lowest BCUT2D eigenvalue weighted by Crippen LogP contribution is -2.14. The van der Waals surface area contributed by atoms with E-state index in [1.165, 1.54) is 23.3 Å². The van der Waals surface area contributed by atoms with E-state index in [1.54, 1.807) is 0 Å². The van der Waals surface area contributed by atoms with Gasteiger partial charge >= 0.3 is 0 Å². The third kappa shape index (κ3) is 2.06. The van der Waals surface area contributed by atoms with Gasteiger partial charge in [-0.2, -0.15) is 5.10 Å². The molecule has 0 saturated carbocycles. The number of hydrogen-bond acceptors (Lipinski definition) is 3. The van der Waals surface area contributed by atoms with E-state index < -0.39 is 0 Å². The smallest absolute Gasteiger partial charge is 0.126 e.